The first-order valence-electron chi connectivity index (χ1n) is 6.88. The molecule has 0 saturated heterocycles. The monoisotopic (exact) mass is 274 g/mol. The molecule has 2 aromatic rings. The Hall–Kier alpha value is -2.17. The van der Waals surface area contributed by atoms with Crippen molar-refractivity contribution in [3.63, 3.8) is 0 Å². The van der Waals surface area contributed by atoms with Crippen molar-refractivity contribution >= 4 is 11.6 Å². The Morgan fingerprint density at radius 1 is 1.20 bits per heavy atom. The van der Waals surface area contributed by atoms with E-state index in [-0.39, 0.29) is 5.91 Å². The Balaban J connectivity index is 0.000000956. The Kier molecular flexibility index (Phi) is 6.43. The number of amides is 1. The van der Waals surface area contributed by atoms with Crippen molar-refractivity contribution in [2.75, 3.05) is 5.32 Å². The molecular weight excluding hydrogens is 252 g/mol. The second kappa shape index (κ2) is 8.09. The molecule has 1 aromatic carbocycles. The molecule has 0 bridgehead atoms. The molecule has 1 heterocycles. The molecule has 0 aliphatic carbocycles. The minimum absolute atomic E-state index is 0.0197. The van der Waals surface area contributed by atoms with E-state index in [2.05, 4.69) is 15.6 Å². The molecule has 5 nitrogen and oxygen atoms in total. The van der Waals surface area contributed by atoms with Crippen LogP contribution < -0.4 is 5.32 Å². The molecule has 2 rings (SSSR count). The van der Waals surface area contributed by atoms with Crippen LogP contribution in [0, 0.1) is 13.8 Å². The van der Waals surface area contributed by atoms with Crippen molar-refractivity contribution in [3.05, 3.63) is 41.7 Å². The molecule has 1 aromatic heterocycles. The van der Waals surface area contributed by atoms with Crippen molar-refractivity contribution < 1.29 is 4.79 Å². The Bertz CT molecular complexity index is 534. The van der Waals surface area contributed by atoms with Gasteiger partial charge >= 0.3 is 0 Å². The van der Waals surface area contributed by atoms with Crippen LogP contribution in [0.5, 0.6) is 0 Å². The topological polar surface area (TPSA) is 59.8 Å². The van der Waals surface area contributed by atoms with Crippen molar-refractivity contribution in [1.82, 2.24) is 15.0 Å². The molecule has 0 radical (unpaired) electrons. The molecule has 1 N–H and O–H groups in total. The fraction of sp³-hybridized carbons (Fsp3) is 0.400. The maximum Gasteiger partial charge on any atom is 0.226 e. The standard InChI is InChI=1S/C13H16N4O.C2H6/c1-10-11(2)17(16-15-10)9-8-13(18)14-12-6-4-3-5-7-12;1-2/h3-7H,8-9H2,1-2H3,(H,14,18);1-2H3. The zero-order valence-electron chi connectivity index (χ0n) is 12.6. The van der Waals surface area contributed by atoms with E-state index >= 15 is 0 Å². The van der Waals surface area contributed by atoms with E-state index in [0.717, 1.165) is 17.1 Å². The zero-order chi connectivity index (χ0) is 15.0. The van der Waals surface area contributed by atoms with Crippen LogP contribution in [0.25, 0.3) is 0 Å². The first kappa shape index (κ1) is 15.9. The second-order valence-electron chi connectivity index (χ2n) is 4.15. The third-order valence-corrected chi connectivity index (χ3v) is 2.82. The van der Waals surface area contributed by atoms with Crippen molar-refractivity contribution in [2.45, 2.75) is 40.7 Å². The Morgan fingerprint density at radius 2 is 1.85 bits per heavy atom. The molecule has 108 valence electrons. The van der Waals surface area contributed by atoms with Gasteiger partial charge in [-0.05, 0) is 26.0 Å². The predicted octanol–water partition coefficient (Wildman–Crippen LogP) is 2.95. The number of para-hydroxylation sites is 1. The van der Waals surface area contributed by atoms with Crippen molar-refractivity contribution in [3.8, 4) is 0 Å². The maximum atomic E-state index is 11.7. The van der Waals surface area contributed by atoms with E-state index in [1.165, 1.54) is 0 Å². The number of anilines is 1. The van der Waals surface area contributed by atoms with E-state index in [1.54, 1.807) is 4.68 Å². The smallest absolute Gasteiger partial charge is 0.226 e. The Labute approximate surface area is 120 Å². The lowest BCUT2D eigenvalue weighted by Gasteiger charge is -2.05. The molecule has 0 atom stereocenters. The average Bonchev–Trinajstić information content (AvgIpc) is 2.80. The molecule has 20 heavy (non-hydrogen) atoms. The summed E-state index contributed by atoms with van der Waals surface area (Å²) in [4.78, 5) is 11.7. The summed E-state index contributed by atoms with van der Waals surface area (Å²) in [6.07, 6.45) is 0.387. The third kappa shape index (κ3) is 4.50. The molecule has 0 fully saturated rings. The molecule has 5 heteroatoms. The first-order chi connectivity index (χ1) is 9.66. The van der Waals surface area contributed by atoms with Gasteiger partial charge < -0.3 is 5.32 Å². The van der Waals surface area contributed by atoms with Gasteiger partial charge in [0.25, 0.3) is 0 Å². The van der Waals surface area contributed by atoms with Crippen LogP contribution in [0.2, 0.25) is 0 Å². The van der Waals surface area contributed by atoms with Crippen molar-refractivity contribution in [2.24, 2.45) is 0 Å². The molecule has 0 saturated carbocycles. The number of hydrogen-bond acceptors (Lipinski definition) is 3. The van der Waals surface area contributed by atoms with Gasteiger partial charge in [-0.25, -0.2) is 4.68 Å². The van der Waals surface area contributed by atoms with Gasteiger partial charge in [0.2, 0.25) is 5.91 Å². The van der Waals surface area contributed by atoms with Crippen LogP contribution in [-0.4, -0.2) is 20.9 Å². The largest absolute Gasteiger partial charge is 0.326 e. The normalized spacial score (nSPS) is 9.60. The zero-order valence-corrected chi connectivity index (χ0v) is 12.6. The number of nitrogens with zero attached hydrogens (tertiary/aromatic N) is 3. The predicted molar refractivity (Wildman–Crippen MR) is 80.5 cm³/mol. The fourth-order valence-electron chi connectivity index (χ4n) is 1.61. The number of rotatable bonds is 4. The van der Waals surface area contributed by atoms with Crippen molar-refractivity contribution in [1.29, 1.82) is 0 Å². The van der Waals surface area contributed by atoms with E-state index in [4.69, 9.17) is 0 Å². The summed E-state index contributed by atoms with van der Waals surface area (Å²) in [5.74, 6) is -0.0197. The number of nitrogens with one attached hydrogen (secondary N) is 1. The van der Waals surface area contributed by atoms with E-state index in [0.29, 0.717) is 13.0 Å². The number of aromatic nitrogens is 3. The molecule has 0 unspecified atom stereocenters. The van der Waals surface area contributed by atoms with Gasteiger partial charge in [-0.2, -0.15) is 0 Å². The molecule has 0 aliphatic rings. The van der Waals surface area contributed by atoms with Crippen LogP contribution >= 0.6 is 0 Å². The summed E-state index contributed by atoms with van der Waals surface area (Å²) in [5, 5.41) is 10.8. The lowest BCUT2D eigenvalue weighted by molar-refractivity contribution is -0.116. The quantitative estimate of drug-likeness (QED) is 0.932. The van der Waals surface area contributed by atoms with E-state index in [9.17, 15) is 4.79 Å². The van der Waals surface area contributed by atoms with Gasteiger partial charge in [-0.1, -0.05) is 37.3 Å². The highest BCUT2D eigenvalue weighted by Gasteiger charge is 2.07. The van der Waals surface area contributed by atoms with Crippen LogP contribution in [0.1, 0.15) is 31.7 Å². The number of aryl methyl sites for hydroxylation is 2. The summed E-state index contributed by atoms with van der Waals surface area (Å²) in [6, 6.07) is 9.42. The highest BCUT2D eigenvalue weighted by Crippen LogP contribution is 2.06. The fourth-order valence-corrected chi connectivity index (χ4v) is 1.61. The van der Waals surface area contributed by atoms with Gasteiger partial charge in [-0.15, -0.1) is 5.10 Å². The van der Waals surface area contributed by atoms with Gasteiger partial charge in [0.05, 0.1) is 17.9 Å². The molecular formula is C15H22N4O. The minimum Gasteiger partial charge on any atom is -0.326 e. The highest BCUT2D eigenvalue weighted by molar-refractivity contribution is 5.90. The number of carbonyl (C=O) groups is 1. The summed E-state index contributed by atoms with van der Waals surface area (Å²) in [5.41, 5.74) is 2.72. The summed E-state index contributed by atoms with van der Waals surface area (Å²) >= 11 is 0. The molecule has 0 spiro atoms. The van der Waals surface area contributed by atoms with Crippen LogP contribution in [0.4, 0.5) is 5.69 Å². The first-order valence-corrected chi connectivity index (χ1v) is 6.88. The average molecular weight is 274 g/mol. The lowest BCUT2D eigenvalue weighted by Crippen LogP contribution is -2.15. The van der Waals surface area contributed by atoms with Gasteiger partial charge in [-0.3, -0.25) is 4.79 Å². The number of hydrogen-bond donors (Lipinski definition) is 1. The lowest BCUT2D eigenvalue weighted by atomic mass is 10.3. The van der Waals surface area contributed by atoms with E-state index < -0.39 is 0 Å². The highest BCUT2D eigenvalue weighted by atomic mass is 16.1. The van der Waals surface area contributed by atoms with Gasteiger partial charge in [0.1, 0.15) is 0 Å². The number of benzene rings is 1. The summed E-state index contributed by atoms with van der Waals surface area (Å²) in [7, 11) is 0. The second-order valence-corrected chi connectivity index (χ2v) is 4.15. The molecule has 1 amide bonds. The number of carbonyl (C=O) groups excluding carboxylic acids is 1. The van der Waals surface area contributed by atoms with Crippen LogP contribution in [0.15, 0.2) is 30.3 Å². The molecule has 0 aliphatic heterocycles. The van der Waals surface area contributed by atoms with Crippen LogP contribution in [0.3, 0.4) is 0 Å². The SMILES string of the molecule is CC.Cc1nnn(CCC(=O)Nc2ccccc2)c1C. The summed E-state index contributed by atoms with van der Waals surface area (Å²) < 4.78 is 1.75. The third-order valence-electron chi connectivity index (χ3n) is 2.82. The van der Waals surface area contributed by atoms with Gasteiger partial charge in [0.15, 0.2) is 0 Å². The minimum atomic E-state index is -0.0197. The van der Waals surface area contributed by atoms with Gasteiger partial charge in [0, 0.05) is 12.1 Å². The van der Waals surface area contributed by atoms with Crippen LogP contribution in [-0.2, 0) is 11.3 Å². The Morgan fingerprint density at radius 3 is 2.40 bits per heavy atom. The summed E-state index contributed by atoms with van der Waals surface area (Å²) in [6.45, 7) is 8.40. The maximum absolute atomic E-state index is 11.7. The van der Waals surface area contributed by atoms with E-state index in [1.807, 2.05) is 58.0 Å².